The highest BCUT2D eigenvalue weighted by molar-refractivity contribution is 5.27. The molecule has 31 heavy (non-hydrogen) atoms. The predicted molar refractivity (Wildman–Crippen MR) is 126 cm³/mol. The molecule has 0 aromatic heterocycles. The Labute approximate surface area is 189 Å². The highest BCUT2D eigenvalue weighted by Crippen LogP contribution is 2.60. The fourth-order valence-corrected chi connectivity index (χ4v) is 6.85. The number of aliphatic hydroxyl groups excluding tert-OH is 2. The molecule has 3 aliphatic rings. The summed E-state index contributed by atoms with van der Waals surface area (Å²) < 4.78 is 0. The summed E-state index contributed by atoms with van der Waals surface area (Å²) in [4.78, 5) is 0. The van der Waals surface area contributed by atoms with Gasteiger partial charge in [0.25, 0.3) is 0 Å². The fraction of sp³-hybridized carbons (Fsp3) is 0.852. The number of fused-ring (bicyclic) bond motifs is 1. The molecule has 3 aliphatic carbocycles. The lowest BCUT2D eigenvalue weighted by atomic mass is 9.60. The van der Waals surface area contributed by atoms with E-state index in [2.05, 4.69) is 26.0 Å². The maximum absolute atomic E-state index is 10.2. The van der Waals surface area contributed by atoms with E-state index < -0.39 is 23.4 Å². The summed E-state index contributed by atoms with van der Waals surface area (Å²) in [5.41, 5.74) is 0.929. The Balaban J connectivity index is 1.68. The Kier molecular flexibility index (Phi) is 7.48. The number of aliphatic hydroxyl groups is 4. The van der Waals surface area contributed by atoms with E-state index in [0.717, 1.165) is 30.8 Å². The molecule has 178 valence electrons. The van der Waals surface area contributed by atoms with Crippen molar-refractivity contribution in [3.8, 4) is 0 Å². The van der Waals surface area contributed by atoms with E-state index in [1.54, 1.807) is 0 Å². The first-order valence-corrected chi connectivity index (χ1v) is 12.5. The van der Waals surface area contributed by atoms with Crippen molar-refractivity contribution in [1.82, 2.24) is 0 Å². The molecule has 4 heteroatoms. The zero-order valence-electron chi connectivity index (χ0n) is 20.4. The molecule has 3 fully saturated rings. The second-order valence-corrected chi connectivity index (χ2v) is 12.0. The van der Waals surface area contributed by atoms with E-state index in [1.807, 2.05) is 13.8 Å². The summed E-state index contributed by atoms with van der Waals surface area (Å²) in [6.45, 7) is 10.3. The topological polar surface area (TPSA) is 80.9 Å². The van der Waals surface area contributed by atoms with Crippen LogP contribution in [0.1, 0.15) is 98.8 Å². The van der Waals surface area contributed by atoms with Gasteiger partial charge in [0, 0.05) is 0 Å². The minimum absolute atomic E-state index is 0.353. The van der Waals surface area contributed by atoms with Crippen molar-refractivity contribution in [2.45, 2.75) is 122 Å². The van der Waals surface area contributed by atoms with Crippen LogP contribution in [0.4, 0.5) is 0 Å². The lowest BCUT2D eigenvalue weighted by Crippen LogP contribution is -2.52. The van der Waals surface area contributed by atoms with Gasteiger partial charge in [0.05, 0.1) is 17.8 Å². The first-order valence-electron chi connectivity index (χ1n) is 12.5. The molecule has 6 atom stereocenters. The van der Waals surface area contributed by atoms with Crippen LogP contribution in [0, 0.1) is 23.2 Å². The molecule has 0 heterocycles. The summed E-state index contributed by atoms with van der Waals surface area (Å²) in [7, 11) is 0. The van der Waals surface area contributed by atoms with Gasteiger partial charge in [0.2, 0.25) is 0 Å². The first kappa shape index (κ1) is 25.0. The Bertz CT molecular complexity index is 670. The molecule has 0 amide bonds. The number of allylic oxidation sites excluding steroid dienone is 3. The summed E-state index contributed by atoms with van der Waals surface area (Å²) in [5.74, 6) is 2.05. The van der Waals surface area contributed by atoms with Gasteiger partial charge in [-0.2, -0.15) is 0 Å². The fourth-order valence-electron chi connectivity index (χ4n) is 6.85. The zero-order chi connectivity index (χ0) is 23.0. The van der Waals surface area contributed by atoms with Crippen molar-refractivity contribution in [1.29, 1.82) is 0 Å². The van der Waals surface area contributed by atoms with Gasteiger partial charge in [-0.05, 0) is 95.3 Å². The Hall–Kier alpha value is -0.680. The highest BCUT2D eigenvalue weighted by atomic mass is 16.4. The molecule has 3 unspecified atom stereocenters. The van der Waals surface area contributed by atoms with Crippen LogP contribution in [-0.2, 0) is 0 Å². The van der Waals surface area contributed by atoms with E-state index >= 15 is 0 Å². The molecule has 0 saturated heterocycles. The normalized spacial score (nSPS) is 41.3. The van der Waals surface area contributed by atoms with E-state index in [1.165, 1.54) is 44.6 Å². The minimum Gasteiger partial charge on any atom is -0.390 e. The van der Waals surface area contributed by atoms with Gasteiger partial charge in [-0.1, -0.05) is 50.0 Å². The van der Waals surface area contributed by atoms with Crippen LogP contribution in [0.15, 0.2) is 23.3 Å². The average molecular weight is 435 g/mol. The first-order chi connectivity index (χ1) is 14.3. The van der Waals surface area contributed by atoms with E-state index in [0.29, 0.717) is 30.1 Å². The Morgan fingerprint density at radius 1 is 1.10 bits per heavy atom. The van der Waals surface area contributed by atoms with Gasteiger partial charge in [-0.15, -0.1) is 0 Å². The van der Waals surface area contributed by atoms with Crippen LogP contribution in [0.3, 0.4) is 0 Å². The molecule has 0 spiro atoms. The maximum Gasteiger partial charge on any atom is 0.114 e. The van der Waals surface area contributed by atoms with Crippen LogP contribution in [0.2, 0.25) is 0 Å². The van der Waals surface area contributed by atoms with Crippen LogP contribution < -0.4 is 0 Å². The molecular weight excluding hydrogens is 388 g/mol. The van der Waals surface area contributed by atoms with E-state index in [-0.39, 0.29) is 0 Å². The van der Waals surface area contributed by atoms with Crippen molar-refractivity contribution in [2.24, 2.45) is 23.2 Å². The van der Waals surface area contributed by atoms with Crippen molar-refractivity contribution >= 4 is 0 Å². The molecule has 0 bridgehead atoms. The number of hydrogen-bond donors (Lipinski definition) is 4. The largest absolute Gasteiger partial charge is 0.390 e. The average Bonchev–Trinajstić information content (AvgIpc) is 3.01. The standard InChI is InChI=1S/C27H46O4/c1-18(8-6-14-25(2,3)30)21-12-13-22-20(9-7-15-26(21,22)4)11-10-19-16-23(28)27(5,31)24(29)17-19/h10-11,18,21-24,28-31H,6-9,12-17H2,1-5H3/t18-,21?,22?,23+,24+,26?,27?/m0/s1. The summed E-state index contributed by atoms with van der Waals surface area (Å²) >= 11 is 0. The molecule has 0 radical (unpaired) electrons. The lowest BCUT2D eigenvalue weighted by molar-refractivity contribution is -0.144. The molecule has 3 saturated carbocycles. The predicted octanol–water partition coefficient (Wildman–Crippen LogP) is 4.90. The summed E-state index contributed by atoms with van der Waals surface area (Å²) in [6, 6.07) is 0. The molecule has 0 aromatic carbocycles. The van der Waals surface area contributed by atoms with Gasteiger partial charge in [-0.25, -0.2) is 0 Å². The van der Waals surface area contributed by atoms with Crippen LogP contribution in [-0.4, -0.2) is 43.8 Å². The Morgan fingerprint density at radius 3 is 2.35 bits per heavy atom. The third-order valence-electron chi connectivity index (χ3n) is 8.97. The quantitative estimate of drug-likeness (QED) is 0.479. The van der Waals surface area contributed by atoms with Gasteiger partial charge in [0.1, 0.15) is 5.60 Å². The van der Waals surface area contributed by atoms with Crippen LogP contribution in [0.25, 0.3) is 0 Å². The summed E-state index contributed by atoms with van der Waals surface area (Å²) in [6.07, 6.45) is 12.8. The smallest absolute Gasteiger partial charge is 0.114 e. The van der Waals surface area contributed by atoms with Crippen LogP contribution in [0.5, 0.6) is 0 Å². The van der Waals surface area contributed by atoms with E-state index in [4.69, 9.17) is 0 Å². The molecule has 4 N–H and O–H groups in total. The van der Waals surface area contributed by atoms with Crippen molar-refractivity contribution in [3.63, 3.8) is 0 Å². The van der Waals surface area contributed by atoms with Crippen molar-refractivity contribution in [2.75, 3.05) is 0 Å². The third kappa shape index (κ3) is 5.46. The third-order valence-corrected chi connectivity index (χ3v) is 8.97. The Morgan fingerprint density at radius 2 is 1.74 bits per heavy atom. The lowest BCUT2D eigenvalue weighted by Gasteiger charge is -2.44. The van der Waals surface area contributed by atoms with Gasteiger partial charge in [-0.3, -0.25) is 0 Å². The zero-order valence-corrected chi connectivity index (χ0v) is 20.4. The number of rotatable bonds is 6. The molecule has 3 rings (SSSR count). The molecule has 0 aliphatic heterocycles. The van der Waals surface area contributed by atoms with Crippen molar-refractivity contribution in [3.05, 3.63) is 23.3 Å². The van der Waals surface area contributed by atoms with Crippen LogP contribution >= 0.6 is 0 Å². The van der Waals surface area contributed by atoms with E-state index in [9.17, 15) is 20.4 Å². The molecule has 4 nitrogen and oxygen atoms in total. The maximum atomic E-state index is 10.2. The molecular formula is C27H46O4. The second-order valence-electron chi connectivity index (χ2n) is 12.0. The van der Waals surface area contributed by atoms with Crippen molar-refractivity contribution < 1.29 is 20.4 Å². The number of hydrogen-bond acceptors (Lipinski definition) is 4. The monoisotopic (exact) mass is 434 g/mol. The summed E-state index contributed by atoms with van der Waals surface area (Å²) in [5, 5.41) is 40.7. The highest BCUT2D eigenvalue weighted by Gasteiger charge is 2.50. The second kappa shape index (κ2) is 9.29. The molecule has 0 aromatic rings. The van der Waals surface area contributed by atoms with Gasteiger partial charge >= 0.3 is 0 Å². The SMILES string of the molecule is C[C@@H](CCCC(C)(C)O)C1CCC2C(=CC=C3C[C@@H](O)C(C)(O)[C@H](O)C3)CCCC21C. The van der Waals surface area contributed by atoms with Gasteiger partial charge < -0.3 is 20.4 Å². The van der Waals surface area contributed by atoms with Gasteiger partial charge in [0.15, 0.2) is 0 Å². The minimum atomic E-state index is -1.42.